The second kappa shape index (κ2) is 6.22. The average molecular weight is 292 g/mol. The van der Waals surface area contributed by atoms with E-state index in [0.717, 1.165) is 12.0 Å². The van der Waals surface area contributed by atoms with E-state index >= 15 is 0 Å². The Kier molecular flexibility index (Phi) is 3.96. The first-order chi connectivity index (χ1) is 10.8. The highest BCUT2D eigenvalue weighted by Crippen LogP contribution is 2.27. The van der Waals surface area contributed by atoms with Crippen LogP contribution in [0.15, 0.2) is 70.8 Å². The minimum atomic E-state index is -0.369. The van der Waals surface area contributed by atoms with Gasteiger partial charge < -0.3 is 5.73 Å². The number of hydrogen-bond acceptors (Lipinski definition) is 2. The molecule has 0 aliphatic carbocycles. The first-order valence-electron chi connectivity index (χ1n) is 7.06. The van der Waals surface area contributed by atoms with Crippen LogP contribution in [0.3, 0.4) is 0 Å². The zero-order valence-corrected chi connectivity index (χ0v) is 12.0. The van der Waals surface area contributed by atoms with Crippen molar-refractivity contribution in [1.29, 1.82) is 0 Å². The average Bonchev–Trinajstić information content (AvgIpc) is 3.06. The molecule has 3 rings (SSSR count). The minimum absolute atomic E-state index is 0.0199. The molecular formula is C17H16N4O. The number of carbonyl (C=O) groups excluding carboxylic acids is 1. The van der Waals surface area contributed by atoms with Gasteiger partial charge in [0.25, 0.3) is 5.91 Å². The van der Waals surface area contributed by atoms with Gasteiger partial charge >= 0.3 is 0 Å². The topological polar surface area (TPSA) is 71.0 Å². The first kappa shape index (κ1) is 14.0. The van der Waals surface area contributed by atoms with Gasteiger partial charge in [0.15, 0.2) is 0 Å². The van der Waals surface area contributed by atoms with Crippen LogP contribution in [0.2, 0.25) is 0 Å². The standard InChI is InChI=1S/C17H16N4O/c18-17(20-16(22)14-9-5-2-6-10-14)21-15(11-12-19-21)13-7-3-1-4-8-13/h1-10,12,15H,11H2,(H2,18,20,22)/t15-/m1/s1. The lowest BCUT2D eigenvalue weighted by atomic mass is 10.1. The second-order valence-corrected chi connectivity index (χ2v) is 4.95. The van der Waals surface area contributed by atoms with Crippen LogP contribution in [0.1, 0.15) is 28.4 Å². The van der Waals surface area contributed by atoms with E-state index in [0.29, 0.717) is 5.56 Å². The Hall–Kier alpha value is -2.95. The minimum Gasteiger partial charge on any atom is -0.368 e. The van der Waals surface area contributed by atoms with E-state index in [9.17, 15) is 4.79 Å². The van der Waals surface area contributed by atoms with Crippen LogP contribution in [-0.4, -0.2) is 23.1 Å². The molecule has 1 atom stereocenters. The van der Waals surface area contributed by atoms with E-state index in [-0.39, 0.29) is 17.9 Å². The molecule has 0 fully saturated rings. The molecule has 0 bridgehead atoms. The van der Waals surface area contributed by atoms with Crippen LogP contribution in [0.4, 0.5) is 0 Å². The Bertz CT molecular complexity index is 710. The maximum Gasteiger partial charge on any atom is 0.280 e. The van der Waals surface area contributed by atoms with Gasteiger partial charge in [0.05, 0.1) is 6.04 Å². The monoisotopic (exact) mass is 292 g/mol. The summed E-state index contributed by atoms with van der Waals surface area (Å²) in [5, 5.41) is 5.83. The summed E-state index contributed by atoms with van der Waals surface area (Å²) < 4.78 is 0. The predicted molar refractivity (Wildman–Crippen MR) is 86.5 cm³/mol. The molecule has 0 radical (unpaired) electrons. The lowest BCUT2D eigenvalue weighted by Crippen LogP contribution is -2.34. The quantitative estimate of drug-likeness (QED) is 0.683. The molecule has 1 aliphatic rings. The smallest absolute Gasteiger partial charge is 0.280 e. The number of carbonyl (C=O) groups is 1. The van der Waals surface area contributed by atoms with Crippen molar-refractivity contribution in [2.75, 3.05) is 0 Å². The fourth-order valence-corrected chi connectivity index (χ4v) is 2.39. The van der Waals surface area contributed by atoms with E-state index in [1.807, 2.05) is 36.4 Å². The number of nitrogens with zero attached hydrogens (tertiary/aromatic N) is 3. The summed E-state index contributed by atoms with van der Waals surface area (Å²) in [6.07, 6.45) is 2.52. The Balaban J connectivity index is 1.82. The molecule has 0 aromatic heterocycles. The molecule has 0 saturated carbocycles. The summed E-state index contributed by atoms with van der Waals surface area (Å²) in [6.45, 7) is 0. The molecule has 110 valence electrons. The highest BCUT2D eigenvalue weighted by Gasteiger charge is 2.25. The highest BCUT2D eigenvalue weighted by molar-refractivity contribution is 6.02. The molecule has 5 heteroatoms. The predicted octanol–water partition coefficient (Wildman–Crippen LogP) is 2.57. The van der Waals surface area contributed by atoms with Crippen molar-refractivity contribution < 1.29 is 4.79 Å². The van der Waals surface area contributed by atoms with Gasteiger partial charge in [0.2, 0.25) is 5.96 Å². The van der Waals surface area contributed by atoms with Crippen molar-refractivity contribution in [1.82, 2.24) is 5.01 Å². The fourth-order valence-electron chi connectivity index (χ4n) is 2.39. The zero-order chi connectivity index (χ0) is 15.4. The van der Waals surface area contributed by atoms with Gasteiger partial charge in [-0.1, -0.05) is 48.5 Å². The third-order valence-corrected chi connectivity index (χ3v) is 3.49. The molecule has 5 nitrogen and oxygen atoms in total. The van der Waals surface area contributed by atoms with Crippen molar-refractivity contribution in [3.8, 4) is 0 Å². The van der Waals surface area contributed by atoms with Crippen molar-refractivity contribution in [2.24, 2.45) is 15.8 Å². The summed E-state index contributed by atoms with van der Waals surface area (Å²) in [4.78, 5) is 16.1. The van der Waals surface area contributed by atoms with Crippen LogP contribution < -0.4 is 5.73 Å². The number of amides is 1. The Morgan fingerprint density at radius 3 is 2.41 bits per heavy atom. The van der Waals surface area contributed by atoms with E-state index in [2.05, 4.69) is 10.1 Å². The zero-order valence-electron chi connectivity index (χ0n) is 12.0. The maximum absolute atomic E-state index is 12.1. The van der Waals surface area contributed by atoms with E-state index in [1.165, 1.54) is 0 Å². The van der Waals surface area contributed by atoms with Crippen molar-refractivity contribution in [2.45, 2.75) is 12.5 Å². The largest absolute Gasteiger partial charge is 0.368 e. The number of aliphatic imine (C=N–C) groups is 1. The lowest BCUT2D eigenvalue weighted by Gasteiger charge is -2.22. The number of guanidine groups is 1. The Labute approximate surface area is 128 Å². The number of rotatable bonds is 2. The van der Waals surface area contributed by atoms with Gasteiger partial charge in [-0.25, -0.2) is 5.01 Å². The van der Waals surface area contributed by atoms with Crippen LogP contribution >= 0.6 is 0 Å². The van der Waals surface area contributed by atoms with Gasteiger partial charge in [-0.05, 0) is 17.7 Å². The Morgan fingerprint density at radius 2 is 1.73 bits per heavy atom. The molecule has 22 heavy (non-hydrogen) atoms. The molecule has 2 aromatic rings. The summed E-state index contributed by atoms with van der Waals surface area (Å²) >= 11 is 0. The van der Waals surface area contributed by atoms with Gasteiger partial charge in [-0.3, -0.25) is 4.79 Å². The summed E-state index contributed by atoms with van der Waals surface area (Å²) in [5.74, 6) is -0.261. The summed E-state index contributed by atoms with van der Waals surface area (Å²) in [6, 6.07) is 18.7. The molecule has 1 amide bonds. The molecular weight excluding hydrogens is 276 g/mol. The van der Waals surface area contributed by atoms with Gasteiger partial charge in [0.1, 0.15) is 0 Å². The first-order valence-corrected chi connectivity index (χ1v) is 7.06. The number of benzene rings is 2. The molecule has 0 spiro atoms. The van der Waals surface area contributed by atoms with Crippen LogP contribution in [0.5, 0.6) is 0 Å². The van der Waals surface area contributed by atoms with E-state index in [4.69, 9.17) is 5.73 Å². The van der Waals surface area contributed by atoms with E-state index < -0.39 is 0 Å². The van der Waals surface area contributed by atoms with Gasteiger partial charge in [-0.15, -0.1) is 0 Å². The summed E-state index contributed by atoms with van der Waals surface area (Å²) in [7, 11) is 0. The van der Waals surface area contributed by atoms with Crippen molar-refractivity contribution in [3.05, 3.63) is 71.8 Å². The van der Waals surface area contributed by atoms with Crippen LogP contribution in [-0.2, 0) is 0 Å². The van der Waals surface area contributed by atoms with Gasteiger partial charge in [0, 0.05) is 18.2 Å². The van der Waals surface area contributed by atoms with Crippen LogP contribution in [0.25, 0.3) is 0 Å². The van der Waals surface area contributed by atoms with Gasteiger partial charge in [-0.2, -0.15) is 10.1 Å². The summed E-state index contributed by atoms with van der Waals surface area (Å²) in [5.41, 5.74) is 7.58. The number of hydrogen-bond donors (Lipinski definition) is 1. The third kappa shape index (κ3) is 2.88. The van der Waals surface area contributed by atoms with E-state index in [1.54, 1.807) is 35.5 Å². The molecule has 0 saturated heterocycles. The SMILES string of the molecule is NC(=NC(=O)c1ccccc1)N1N=CC[C@@H]1c1ccccc1. The molecule has 1 aliphatic heterocycles. The number of nitrogens with two attached hydrogens (primary N) is 1. The highest BCUT2D eigenvalue weighted by atomic mass is 16.1. The normalized spacial score (nSPS) is 17.7. The van der Waals surface area contributed by atoms with Crippen molar-refractivity contribution >= 4 is 18.1 Å². The maximum atomic E-state index is 12.1. The third-order valence-electron chi connectivity index (χ3n) is 3.49. The second-order valence-electron chi connectivity index (χ2n) is 4.95. The van der Waals surface area contributed by atoms with Crippen molar-refractivity contribution in [3.63, 3.8) is 0 Å². The Morgan fingerprint density at radius 1 is 1.09 bits per heavy atom. The fraction of sp³-hybridized carbons (Fsp3) is 0.118. The van der Waals surface area contributed by atoms with Crippen LogP contribution in [0, 0.1) is 0 Å². The molecule has 1 heterocycles. The molecule has 2 aromatic carbocycles. The molecule has 2 N–H and O–H groups in total. The number of hydrazone groups is 1. The molecule has 0 unspecified atom stereocenters. The lowest BCUT2D eigenvalue weighted by molar-refractivity contribution is 0.100.